The summed E-state index contributed by atoms with van der Waals surface area (Å²) in [6.07, 6.45) is 2.05. The van der Waals surface area contributed by atoms with Crippen molar-refractivity contribution in [1.29, 1.82) is 0 Å². The van der Waals surface area contributed by atoms with Gasteiger partial charge in [-0.05, 0) is 37.0 Å². The SMILES string of the molecule is CCC(C)C(NC(=O)C(Cc1cnc[nH]1)NC(=O)C(NC(=O)C(N)Cc1ccc(O)cc1)C(C)O)C(=O)O. The zero-order chi connectivity index (χ0) is 28.4. The van der Waals surface area contributed by atoms with Crippen LogP contribution in [0.5, 0.6) is 5.75 Å². The minimum Gasteiger partial charge on any atom is -0.508 e. The van der Waals surface area contributed by atoms with Gasteiger partial charge < -0.3 is 42.0 Å². The number of benzene rings is 1. The van der Waals surface area contributed by atoms with E-state index < -0.39 is 54.0 Å². The second-order valence-corrected chi connectivity index (χ2v) is 9.26. The fourth-order valence-corrected chi connectivity index (χ4v) is 3.67. The topological polar surface area (TPSA) is 220 Å². The molecule has 0 saturated heterocycles. The average molecular weight is 533 g/mol. The number of aliphatic carboxylic acids is 1. The number of nitrogens with zero attached hydrogens (tertiary/aromatic N) is 1. The Balaban J connectivity index is 2.15. The van der Waals surface area contributed by atoms with Gasteiger partial charge in [-0.3, -0.25) is 14.4 Å². The zero-order valence-corrected chi connectivity index (χ0v) is 21.5. The van der Waals surface area contributed by atoms with Crippen LogP contribution in [-0.4, -0.2) is 79.2 Å². The first-order valence-electron chi connectivity index (χ1n) is 12.3. The normalized spacial score (nSPS) is 15.8. The van der Waals surface area contributed by atoms with Gasteiger partial charge in [0.05, 0.1) is 18.5 Å². The quantitative estimate of drug-likeness (QED) is 0.152. The number of hydrogen-bond donors (Lipinski definition) is 8. The van der Waals surface area contributed by atoms with Crippen LogP contribution >= 0.6 is 0 Å². The molecule has 2 rings (SSSR count). The number of aromatic nitrogens is 2. The van der Waals surface area contributed by atoms with Crippen molar-refractivity contribution in [2.24, 2.45) is 11.7 Å². The van der Waals surface area contributed by atoms with Gasteiger partial charge in [-0.1, -0.05) is 32.4 Å². The van der Waals surface area contributed by atoms with E-state index in [0.717, 1.165) is 0 Å². The second kappa shape index (κ2) is 14.1. The maximum Gasteiger partial charge on any atom is 0.326 e. The summed E-state index contributed by atoms with van der Waals surface area (Å²) in [5.41, 5.74) is 7.15. The number of aliphatic hydroxyl groups excluding tert-OH is 1. The molecule has 1 heterocycles. The molecule has 0 aliphatic rings. The lowest BCUT2D eigenvalue weighted by atomic mass is 9.98. The summed E-state index contributed by atoms with van der Waals surface area (Å²) in [5.74, 6) is -3.85. The summed E-state index contributed by atoms with van der Waals surface area (Å²) in [7, 11) is 0. The molecular weight excluding hydrogens is 496 g/mol. The Morgan fingerprint density at radius 1 is 0.974 bits per heavy atom. The number of amides is 3. The Hall–Kier alpha value is -3.97. The summed E-state index contributed by atoms with van der Waals surface area (Å²) in [6, 6.07) is 1.17. The van der Waals surface area contributed by atoms with Crippen LogP contribution in [0.2, 0.25) is 0 Å². The number of aromatic hydroxyl groups is 1. The molecule has 6 atom stereocenters. The fraction of sp³-hybridized carbons (Fsp3) is 0.480. The molecule has 3 amide bonds. The Labute approximate surface area is 220 Å². The number of imidazole rings is 1. The molecule has 9 N–H and O–H groups in total. The average Bonchev–Trinajstić information content (AvgIpc) is 3.38. The monoisotopic (exact) mass is 532 g/mol. The molecule has 208 valence electrons. The number of phenolic OH excluding ortho intramolecular Hbond substituents is 1. The van der Waals surface area contributed by atoms with Crippen LogP contribution in [0, 0.1) is 5.92 Å². The molecule has 13 nitrogen and oxygen atoms in total. The highest BCUT2D eigenvalue weighted by molar-refractivity contribution is 5.94. The lowest BCUT2D eigenvalue weighted by Gasteiger charge is -2.27. The maximum absolute atomic E-state index is 13.1. The van der Waals surface area contributed by atoms with Crippen molar-refractivity contribution < 1.29 is 34.5 Å². The first-order valence-corrected chi connectivity index (χ1v) is 12.3. The number of nitrogens with two attached hydrogens (primary N) is 1. The van der Waals surface area contributed by atoms with Gasteiger partial charge in [0.15, 0.2) is 0 Å². The van der Waals surface area contributed by atoms with E-state index in [1.807, 2.05) is 0 Å². The van der Waals surface area contributed by atoms with E-state index in [2.05, 4.69) is 25.9 Å². The highest BCUT2D eigenvalue weighted by atomic mass is 16.4. The van der Waals surface area contributed by atoms with Crippen molar-refractivity contribution in [3.63, 3.8) is 0 Å². The van der Waals surface area contributed by atoms with Gasteiger partial charge in [-0.2, -0.15) is 0 Å². The maximum atomic E-state index is 13.1. The van der Waals surface area contributed by atoms with Crippen molar-refractivity contribution in [2.45, 2.75) is 70.3 Å². The van der Waals surface area contributed by atoms with E-state index in [9.17, 15) is 34.5 Å². The Morgan fingerprint density at radius 2 is 1.61 bits per heavy atom. The molecule has 0 bridgehead atoms. The fourth-order valence-electron chi connectivity index (χ4n) is 3.67. The predicted octanol–water partition coefficient (Wildman–Crippen LogP) is -0.806. The first kappa shape index (κ1) is 30.3. The van der Waals surface area contributed by atoms with Gasteiger partial charge in [-0.25, -0.2) is 9.78 Å². The van der Waals surface area contributed by atoms with Crippen LogP contribution in [0.3, 0.4) is 0 Å². The third-order valence-electron chi connectivity index (χ3n) is 6.18. The van der Waals surface area contributed by atoms with Gasteiger partial charge >= 0.3 is 5.97 Å². The van der Waals surface area contributed by atoms with Gasteiger partial charge in [0.2, 0.25) is 17.7 Å². The standard InChI is InChI=1S/C25H36N6O7/c1-4-13(2)20(25(37)38)30-23(35)19(10-16-11-27-12-28-16)29-24(36)21(14(3)32)31-22(34)18(26)9-15-5-7-17(33)8-6-15/h5-8,11-14,18-21,32-33H,4,9-10,26H2,1-3H3,(H,27,28)(H,29,36)(H,30,35)(H,31,34)(H,37,38). The van der Waals surface area contributed by atoms with E-state index >= 15 is 0 Å². The number of phenols is 1. The van der Waals surface area contributed by atoms with Crippen LogP contribution in [0.25, 0.3) is 0 Å². The Morgan fingerprint density at radius 3 is 2.13 bits per heavy atom. The van der Waals surface area contributed by atoms with Gasteiger partial charge in [0.1, 0.15) is 23.9 Å². The zero-order valence-electron chi connectivity index (χ0n) is 21.5. The number of hydrogen-bond acceptors (Lipinski definition) is 8. The summed E-state index contributed by atoms with van der Waals surface area (Å²) in [5, 5.41) is 36.6. The summed E-state index contributed by atoms with van der Waals surface area (Å²) in [4.78, 5) is 57.3. The molecule has 0 spiro atoms. The summed E-state index contributed by atoms with van der Waals surface area (Å²) < 4.78 is 0. The third kappa shape index (κ3) is 8.85. The van der Waals surface area contributed by atoms with E-state index in [1.54, 1.807) is 26.0 Å². The molecule has 0 radical (unpaired) electrons. The highest BCUT2D eigenvalue weighted by Gasteiger charge is 2.33. The number of carboxylic acid groups (broad SMARTS) is 1. The number of H-pyrrole nitrogens is 1. The highest BCUT2D eigenvalue weighted by Crippen LogP contribution is 2.12. The molecule has 0 aliphatic carbocycles. The second-order valence-electron chi connectivity index (χ2n) is 9.26. The van der Waals surface area contributed by atoms with Gasteiger partial charge in [-0.15, -0.1) is 0 Å². The van der Waals surface area contributed by atoms with E-state index in [-0.39, 0.29) is 24.5 Å². The van der Waals surface area contributed by atoms with Crippen molar-refractivity contribution in [3.05, 3.63) is 48.0 Å². The van der Waals surface area contributed by atoms with Crippen molar-refractivity contribution >= 4 is 23.7 Å². The first-order chi connectivity index (χ1) is 17.9. The minimum atomic E-state index is -1.45. The molecule has 0 aliphatic heterocycles. The number of nitrogens with one attached hydrogen (secondary N) is 4. The van der Waals surface area contributed by atoms with Crippen LogP contribution < -0.4 is 21.7 Å². The molecule has 0 fully saturated rings. The summed E-state index contributed by atoms with van der Waals surface area (Å²) in [6.45, 7) is 4.77. The smallest absolute Gasteiger partial charge is 0.326 e. The van der Waals surface area contributed by atoms with Crippen LogP contribution in [0.15, 0.2) is 36.8 Å². The van der Waals surface area contributed by atoms with Gasteiger partial charge in [0.25, 0.3) is 0 Å². The number of aromatic amines is 1. The number of rotatable bonds is 14. The lowest BCUT2D eigenvalue weighted by Crippen LogP contribution is -2.60. The molecule has 6 unspecified atom stereocenters. The predicted molar refractivity (Wildman–Crippen MR) is 137 cm³/mol. The van der Waals surface area contributed by atoms with Crippen molar-refractivity contribution in [2.75, 3.05) is 0 Å². The Bertz CT molecular complexity index is 1070. The van der Waals surface area contributed by atoms with Crippen molar-refractivity contribution in [1.82, 2.24) is 25.9 Å². The van der Waals surface area contributed by atoms with E-state index in [0.29, 0.717) is 17.7 Å². The number of carboxylic acids is 1. The van der Waals surface area contributed by atoms with Crippen LogP contribution in [0.1, 0.15) is 38.4 Å². The molecular formula is C25H36N6O7. The van der Waals surface area contributed by atoms with Crippen LogP contribution in [-0.2, 0) is 32.0 Å². The largest absolute Gasteiger partial charge is 0.508 e. The van der Waals surface area contributed by atoms with Crippen LogP contribution in [0.4, 0.5) is 0 Å². The number of aliphatic hydroxyl groups is 1. The van der Waals surface area contributed by atoms with Gasteiger partial charge in [0, 0.05) is 18.3 Å². The number of carbonyl (C=O) groups is 4. The van der Waals surface area contributed by atoms with E-state index in [1.165, 1.54) is 31.6 Å². The summed E-state index contributed by atoms with van der Waals surface area (Å²) >= 11 is 0. The Kier molecular flexibility index (Phi) is 11.2. The number of carbonyl (C=O) groups excluding carboxylic acids is 3. The van der Waals surface area contributed by atoms with E-state index in [4.69, 9.17) is 5.73 Å². The van der Waals surface area contributed by atoms with Crippen molar-refractivity contribution in [3.8, 4) is 5.75 Å². The minimum absolute atomic E-state index is 0.0503. The lowest BCUT2D eigenvalue weighted by molar-refractivity contribution is -0.144. The third-order valence-corrected chi connectivity index (χ3v) is 6.18. The molecule has 2 aromatic rings. The molecule has 0 saturated carbocycles. The molecule has 1 aromatic heterocycles. The molecule has 13 heteroatoms. The molecule has 38 heavy (non-hydrogen) atoms. The molecule has 1 aromatic carbocycles.